The minimum Gasteiger partial charge on any atom is -0.379 e. The molecule has 1 unspecified atom stereocenters. The lowest BCUT2D eigenvalue weighted by molar-refractivity contribution is 0.0172. The van der Waals surface area contributed by atoms with Gasteiger partial charge in [0.2, 0.25) is 0 Å². The summed E-state index contributed by atoms with van der Waals surface area (Å²) in [5, 5.41) is 3.26. The van der Waals surface area contributed by atoms with Gasteiger partial charge in [-0.25, -0.2) is 4.98 Å². The monoisotopic (exact) mass is 314 g/mol. The summed E-state index contributed by atoms with van der Waals surface area (Å²) in [6.07, 6.45) is 5.40. The molecule has 0 spiro atoms. The van der Waals surface area contributed by atoms with Crippen LogP contribution in [0.5, 0.6) is 0 Å². The number of nitrogens with zero attached hydrogens (tertiary/aromatic N) is 1. The second-order valence-electron chi connectivity index (χ2n) is 4.35. The highest BCUT2D eigenvalue weighted by molar-refractivity contribution is 9.10. The number of pyridine rings is 1. The van der Waals surface area contributed by atoms with Crippen molar-refractivity contribution in [2.24, 2.45) is 0 Å². The third kappa shape index (κ3) is 4.92. The van der Waals surface area contributed by atoms with E-state index in [1.807, 2.05) is 12.1 Å². The smallest absolute Gasteiger partial charge is 0.125 e. The van der Waals surface area contributed by atoms with Crippen LogP contribution in [0.2, 0.25) is 0 Å². The largest absolute Gasteiger partial charge is 0.379 e. The number of ether oxygens (including phenoxy) is 2. The quantitative estimate of drug-likeness (QED) is 0.786. The molecule has 1 saturated heterocycles. The number of halogens is 1. The van der Waals surface area contributed by atoms with E-state index in [0.29, 0.717) is 6.10 Å². The predicted molar refractivity (Wildman–Crippen MR) is 74.8 cm³/mol. The van der Waals surface area contributed by atoms with Gasteiger partial charge in [-0.1, -0.05) is 0 Å². The zero-order valence-electron chi connectivity index (χ0n) is 10.4. The molecule has 1 atom stereocenters. The van der Waals surface area contributed by atoms with Gasteiger partial charge < -0.3 is 14.8 Å². The Morgan fingerprint density at radius 2 is 2.44 bits per heavy atom. The minimum absolute atomic E-state index is 0.325. The topological polar surface area (TPSA) is 43.4 Å². The van der Waals surface area contributed by atoms with Gasteiger partial charge in [-0.3, -0.25) is 0 Å². The van der Waals surface area contributed by atoms with Crippen molar-refractivity contribution in [3.8, 4) is 0 Å². The standard InChI is InChI=1S/C13H19BrN2O2/c14-11-4-5-13(16-9-11)15-6-2-7-17-10-12-3-1-8-18-12/h4-5,9,12H,1-3,6-8,10H2,(H,15,16). The zero-order valence-corrected chi connectivity index (χ0v) is 12.0. The maximum atomic E-state index is 5.58. The summed E-state index contributed by atoms with van der Waals surface area (Å²) in [5.41, 5.74) is 0. The van der Waals surface area contributed by atoms with Crippen LogP contribution in [0.25, 0.3) is 0 Å². The average Bonchev–Trinajstić information content (AvgIpc) is 2.89. The van der Waals surface area contributed by atoms with E-state index in [-0.39, 0.29) is 0 Å². The van der Waals surface area contributed by atoms with Crippen LogP contribution in [0.15, 0.2) is 22.8 Å². The Labute approximate surface area is 116 Å². The predicted octanol–water partition coefficient (Wildman–Crippen LogP) is 2.84. The summed E-state index contributed by atoms with van der Waals surface area (Å²) in [5.74, 6) is 0.900. The van der Waals surface area contributed by atoms with Crippen molar-refractivity contribution in [3.05, 3.63) is 22.8 Å². The maximum Gasteiger partial charge on any atom is 0.125 e. The highest BCUT2D eigenvalue weighted by atomic mass is 79.9. The molecule has 2 rings (SSSR count). The Kier molecular flexibility index (Phi) is 5.90. The number of rotatable bonds is 7. The van der Waals surface area contributed by atoms with Gasteiger partial charge in [0.1, 0.15) is 5.82 Å². The van der Waals surface area contributed by atoms with Crippen LogP contribution < -0.4 is 5.32 Å². The van der Waals surface area contributed by atoms with Crippen molar-refractivity contribution in [1.29, 1.82) is 0 Å². The molecule has 4 nitrogen and oxygen atoms in total. The molecule has 0 amide bonds. The number of hydrogen-bond donors (Lipinski definition) is 1. The lowest BCUT2D eigenvalue weighted by atomic mass is 10.2. The van der Waals surface area contributed by atoms with Crippen LogP contribution in [0.3, 0.4) is 0 Å². The van der Waals surface area contributed by atoms with Gasteiger partial charge in [0.05, 0.1) is 12.7 Å². The third-order valence-corrected chi connectivity index (χ3v) is 3.30. The van der Waals surface area contributed by atoms with Crippen molar-refractivity contribution < 1.29 is 9.47 Å². The zero-order chi connectivity index (χ0) is 12.6. The number of hydrogen-bond acceptors (Lipinski definition) is 4. The Morgan fingerprint density at radius 1 is 1.50 bits per heavy atom. The lowest BCUT2D eigenvalue weighted by Crippen LogP contribution is -2.15. The first-order valence-electron chi connectivity index (χ1n) is 6.39. The molecular weight excluding hydrogens is 296 g/mol. The van der Waals surface area contributed by atoms with Gasteiger partial charge in [-0.2, -0.15) is 0 Å². The highest BCUT2D eigenvalue weighted by Crippen LogP contribution is 2.12. The molecule has 1 aromatic rings. The van der Waals surface area contributed by atoms with E-state index in [0.717, 1.165) is 49.5 Å². The molecule has 0 radical (unpaired) electrons. The molecule has 100 valence electrons. The molecule has 1 aliphatic rings. The fourth-order valence-electron chi connectivity index (χ4n) is 1.86. The third-order valence-electron chi connectivity index (χ3n) is 2.83. The van der Waals surface area contributed by atoms with Gasteiger partial charge in [-0.15, -0.1) is 0 Å². The lowest BCUT2D eigenvalue weighted by Gasteiger charge is -2.10. The van der Waals surface area contributed by atoms with Gasteiger partial charge >= 0.3 is 0 Å². The van der Waals surface area contributed by atoms with E-state index in [1.54, 1.807) is 6.20 Å². The molecule has 0 aliphatic carbocycles. The van der Waals surface area contributed by atoms with E-state index >= 15 is 0 Å². The minimum atomic E-state index is 0.325. The fraction of sp³-hybridized carbons (Fsp3) is 0.615. The van der Waals surface area contributed by atoms with Crippen LogP contribution in [-0.2, 0) is 9.47 Å². The molecule has 1 aliphatic heterocycles. The first kappa shape index (κ1) is 13.8. The van der Waals surface area contributed by atoms with Crippen molar-refractivity contribution in [2.75, 3.05) is 31.7 Å². The van der Waals surface area contributed by atoms with Crippen molar-refractivity contribution in [1.82, 2.24) is 4.98 Å². The summed E-state index contributed by atoms with van der Waals surface area (Å²) in [4.78, 5) is 4.24. The van der Waals surface area contributed by atoms with Gasteiger partial charge in [0.15, 0.2) is 0 Å². The molecular formula is C13H19BrN2O2. The average molecular weight is 315 g/mol. The Morgan fingerprint density at radius 3 is 3.17 bits per heavy atom. The van der Waals surface area contributed by atoms with E-state index < -0.39 is 0 Å². The summed E-state index contributed by atoms with van der Waals surface area (Å²) in [6, 6.07) is 3.93. The highest BCUT2D eigenvalue weighted by Gasteiger charge is 2.14. The van der Waals surface area contributed by atoms with Crippen molar-refractivity contribution in [2.45, 2.75) is 25.4 Å². The molecule has 0 bridgehead atoms. The molecule has 5 heteroatoms. The second-order valence-corrected chi connectivity index (χ2v) is 5.27. The van der Waals surface area contributed by atoms with Gasteiger partial charge in [0, 0.05) is 30.4 Å². The van der Waals surface area contributed by atoms with E-state index in [9.17, 15) is 0 Å². The molecule has 1 N–H and O–H groups in total. The van der Waals surface area contributed by atoms with E-state index in [4.69, 9.17) is 9.47 Å². The van der Waals surface area contributed by atoms with Crippen LogP contribution in [0.1, 0.15) is 19.3 Å². The number of aromatic nitrogens is 1. The Balaban J connectivity index is 1.49. The number of nitrogens with one attached hydrogen (secondary N) is 1. The first-order chi connectivity index (χ1) is 8.84. The van der Waals surface area contributed by atoms with Gasteiger partial charge in [-0.05, 0) is 47.3 Å². The maximum absolute atomic E-state index is 5.58. The first-order valence-corrected chi connectivity index (χ1v) is 7.18. The van der Waals surface area contributed by atoms with Gasteiger partial charge in [0.25, 0.3) is 0 Å². The summed E-state index contributed by atoms with van der Waals surface area (Å²) >= 11 is 3.36. The fourth-order valence-corrected chi connectivity index (χ4v) is 2.10. The van der Waals surface area contributed by atoms with Crippen LogP contribution >= 0.6 is 15.9 Å². The van der Waals surface area contributed by atoms with E-state index in [1.165, 1.54) is 6.42 Å². The molecule has 0 aromatic carbocycles. The van der Waals surface area contributed by atoms with E-state index in [2.05, 4.69) is 26.2 Å². The normalized spacial score (nSPS) is 19.1. The van der Waals surface area contributed by atoms with Crippen molar-refractivity contribution in [3.63, 3.8) is 0 Å². The Bertz CT molecular complexity index is 339. The summed E-state index contributed by atoms with van der Waals surface area (Å²) in [6.45, 7) is 3.27. The van der Waals surface area contributed by atoms with Crippen molar-refractivity contribution >= 4 is 21.7 Å². The molecule has 0 saturated carbocycles. The summed E-state index contributed by atoms with van der Waals surface area (Å²) in [7, 11) is 0. The Hall–Kier alpha value is -0.650. The number of anilines is 1. The second kappa shape index (κ2) is 7.71. The van der Waals surface area contributed by atoms with Crippen LogP contribution in [0.4, 0.5) is 5.82 Å². The summed E-state index contributed by atoms with van der Waals surface area (Å²) < 4.78 is 12.1. The molecule has 1 fully saturated rings. The molecule has 1 aromatic heterocycles. The van der Waals surface area contributed by atoms with Crippen LogP contribution in [0, 0.1) is 0 Å². The van der Waals surface area contributed by atoms with Crippen LogP contribution in [-0.4, -0.2) is 37.5 Å². The SMILES string of the molecule is Brc1ccc(NCCCOCC2CCCO2)nc1. The molecule has 2 heterocycles. The molecule has 18 heavy (non-hydrogen) atoms.